The SMILES string of the molecule is CC(CN1CCC(=O)NCC1=O)C(C)(C)C. The Kier molecular flexibility index (Phi) is 3.94. The van der Waals surface area contributed by atoms with E-state index in [1.807, 2.05) is 0 Å². The van der Waals surface area contributed by atoms with Crippen LogP contribution in [-0.2, 0) is 9.59 Å². The van der Waals surface area contributed by atoms with E-state index in [1.165, 1.54) is 0 Å². The van der Waals surface area contributed by atoms with Crippen molar-refractivity contribution in [3.05, 3.63) is 0 Å². The van der Waals surface area contributed by atoms with Crippen LogP contribution in [0, 0.1) is 11.3 Å². The summed E-state index contributed by atoms with van der Waals surface area (Å²) in [4.78, 5) is 24.7. The number of amides is 2. The van der Waals surface area contributed by atoms with Gasteiger partial charge in [0.2, 0.25) is 11.8 Å². The van der Waals surface area contributed by atoms with E-state index in [4.69, 9.17) is 0 Å². The largest absolute Gasteiger partial charge is 0.347 e. The molecule has 1 fully saturated rings. The van der Waals surface area contributed by atoms with Gasteiger partial charge in [0.05, 0.1) is 6.54 Å². The van der Waals surface area contributed by atoms with Gasteiger partial charge in [-0.1, -0.05) is 27.7 Å². The third kappa shape index (κ3) is 3.51. The summed E-state index contributed by atoms with van der Waals surface area (Å²) in [5.41, 5.74) is 0.185. The van der Waals surface area contributed by atoms with Crippen LogP contribution in [0.4, 0.5) is 0 Å². The molecule has 92 valence electrons. The standard InChI is InChI=1S/C12H22N2O2/c1-9(12(2,3)4)8-14-6-5-10(15)13-7-11(14)16/h9H,5-8H2,1-4H3,(H,13,15). The lowest BCUT2D eigenvalue weighted by Crippen LogP contribution is -2.40. The molecule has 0 spiro atoms. The van der Waals surface area contributed by atoms with Crippen molar-refractivity contribution in [1.82, 2.24) is 10.2 Å². The maximum Gasteiger partial charge on any atom is 0.241 e. The highest BCUT2D eigenvalue weighted by Gasteiger charge is 2.26. The number of nitrogens with zero attached hydrogens (tertiary/aromatic N) is 1. The molecule has 1 aliphatic heterocycles. The third-order valence-electron chi connectivity index (χ3n) is 3.37. The van der Waals surface area contributed by atoms with Gasteiger partial charge >= 0.3 is 0 Å². The van der Waals surface area contributed by atoms with Gasteiger partial charge < -0.3 is 10.2 Å². The minimum Gasteiger partial charge on any atom is -0.347 e. The number of carbonyl (C=O) groups is 2. The molecule has 0 aromatic carbocycles. The summed E-state index contributed by atoms with van der Waals surface area (Å²) in [5, 5.41) is 2.61. The van der Waals surface area contributed by atoms with E-state index >= 15 is 0 Å². The average molecular weight is 226 g/mol. The summed E-state index contributed by atoms with van der Waals surface area (Å²) in [7, 11) is 0. The van der Waals surface area contributed by atoms with Crippen molar-refractivity contribution >= 4 is 11.8 Å². The molecule has 1 saturated heterocycles. The van der Waals surface area contributed by atoms with Crippen LogP contribution in [0.5, 0.6) is 0 Å². The van der Waals surface area contributed by atoms with Crippen molar-refractivity contribution in [3.63, 3.8) is 0 Å². The zero-order chi connectivity index (χ0) is 12.3. The maximum absolute atomic E-state index is 11.7. The second-order valence-corrected chi connectivity index (χ2v) is 5.63. The molecule has 4 nitrogen and oxygen atoms in total. The van der Waals surface area contributed by atoms with Crippen LogP contribution in [0.1, 0.15) is 34.1 Å². The predicted octanol–water partition coefficient (Wildman–Crippen LogP) is 1.02. The summed E-state index contributed by atoms with van der Waals surface area (Å²) in [6, 6.07) is 0. The zero-order valence-corrected chi connectivity index (χ0v) is 10.7. The molecule has 1 atom stereocenters. The van der Waals surface area contributed by atoms with E-state index in [-0.39, 0.29) is 23.8 Å². The second kappa shape index (κ2) is 4.85. The van der Waals surface area contributed by atoms with E-state index in [1.54, 1.807) is 4.90 Å². The molecule has 0 aromatic rings. The Balaban J connectivity index is 2.58. The highest BCUT2D eigenvalue weighted by Crippen LogP contribution is 2.26. The number of hydrogen-bond acceptors (Lipinski definition) is 2. The predicted molar refractivity (Wildman–Crippen MR) is 62.8 cm³/mol. The van der Waals surface area contributed by atoms with E-state index in [0.717, 1.165) is 6.54 Å². The van der Waals surface area contributed by atoms with Crippen molar-refractivity contribution in [2.24, 2.45) is 11.3 Å². The molecule has 0 bridgehead atoms. The number of carbonyl (C=O) groups excluding carboxylic acids is 2. The van der Waals surface area contributed by atoms with Crippen LogP contribution in [-0.4, -0.2) is 36.3 Å². The molecule has 0 aromatic heterocycles. The van der Waals surface area contributed by atoms with Crippen molar-refractivity contribution in [2.45, 2.75) is 34.1 Å². The van der Waals surface area contributed by atoms with Gasteiger partial charge in [-0.15, -0.1) is 0 Å². The van der Waals surface area contributed by atoms with Gasteiger partial charge in [-0.25, -0.2) is 0 Å². The molecule has 0 radical (unpaired) electrons. The first-order valence-corrected chi connectivity index (χ1v) is 5.85. The molecule has 4 heteroatoms. The first-order chi connectivity index (χ1) is 7.30. The molecule has 2 amide bonds. The molecule has 1 aliphatic rings. The Hall–Kier alpha value is -1.06. The zero-order valence-electron chi connectivity index (χ0n) is 10.7. The van der Waals surface area contributed by atoms with Gasteiger partial charge in [-0.2, -0.15) is 0 Å². The van der Waals surface area contributed by atoms with Crippen molar-refractivity contribution < 1.29 is 9.59 Å². The fraction of sp³-hybridized carbons (Fsp3) is 0.833. The second-order valence-electron chi connectivity index (χ2n) is 5.63. The smallest absolute Gasteiger partial charge is 0.241 e. The van der Waals surface area contributed by atoms with Gasteiger partial charge in [0.15, 0.2) is 0 Å². The van der Waals surface area contributed by atoms with Crippen molar-refractivity contribution in [1.29, 1.82) is 0 Å². The van der Waals surface area contributed by atoms with Gasteiger partial charge in [0.1, 0.15) is 0 Å². The Morgan fingerprint density at radius 1 is 1.38 bits per heavy atom. The topological polar surface area (TPSA) is 49.4 Å². The summed E-state index contributed by atoms with van der Waals surface area (Å²) < 4.78 is 0. The lowest BCUT2D eigenvalue weighted by atomic mass is 9.82. The molecule has 1 unspecified atom stereocenters. The van der Waals surface area contributed by atoms with Crippen LogP contribution >= 0.6 is 0 Å². The van der Waals surface area contributed by atoms with E-state index in [2.05, 4.69) is 33.0 Å². The Bertz CT molecular complexity index is 281. The summed E-state index contributed by atoms with van der Waals surface area (Å²) >= 11 is 0. The van der Waals surface area contributed by atoms with Crippen LogP contribution in [0.25, 0.3) is 0 Å². The van der Waals surface area contributed by atoms with E-state index in [9.17, 15) is 9.59 Å². The molecule has 1 N–H and O–H groups in total. The molecule has 0 aliphatic carbocycles. The fourth-order valence-electron chi connectivity index (χ4n) is 1.53. The molecule has 1 heterocycles. The highest BCUT2D eigenvalue weighted by atomic mass is 16.2. The Morgan fingerprint density at radius 2 is 2.00 bits per heavy atom. The lowest BCUT2D eigenvalue weighted by molar-refractivity contribution is -0.131. The van der Waals surface area contributed by atoms with Crippen LogP contribution in [0.2, 0.25) is 0 Å². The quantitative estimate of drug-likeness (QED) is 0.764. The van der Waals surface area contributed by atoms with Gasteiger partial charge in [0.25, 0.3) is 0 Å². The monoisotopic (exact) mass is 226 g/mol. The minimum absolute atomic E-state index is 0.0285. The summed E-state index contributed by atoms with van der Waals surface area (Å²) in [6.07, 6.45) is 0.419. The fourth-order valence-corrected chi connectivity index (χ4v) is 1.53. The molecule has 16 heavy (non-hydrogen) atoms. The van der Waals surface area contributed by atoms with Crippen molar-refractivity contribution in [3.8, 4) is 0 Å². The van der Waals surface area contributed by atoms with Crippen LogP contribution in [0.3, 0.4) is 0 Å². The maximum atomic E-state index is 11.7. The van der Waals surface area contributed by atoms with Gasteiger partial charge in [-0.3, -0.25) is 9.59 Å². The van der Waals surface area contributed by atoms with E-state index in [0.29, 0.717) is 18.9 Å². The minimum atomic E-state index is -0.0285. The van der Waals surface area contributed by atoms with Gasteiger partial charge in [-0.05, 0) is 11.3 Å². The Morgan fingerprint density at radius 3 is 2.56 bits per heavy atom. The number of hydrogen-bond donors (Lipinski definition) is 1. The molecule has 1 rings (SSSR count). The number of nitrogens with one attached hydrogen (secondary N) is 1. The number of rotatable bonds is 2. The highest BCUT2D eigenvalue weighted by molar-refractivity contribution is 5.87. The van der Waals surface area contributed by atoms with Crippen LogP contribution < -0.4 is 5.32 Å². The molecular weight excluding hydrogens is 204 g/mol. The molecular formula is C12H22N2O2. The Labute approximate surface area is 97.4 Å². The first-order valence-electron chi connectivity index (χ1n) is 5.85. The van der Waals surface area contributed by atoms with Crippen LogP contribution in [0.15, 0.2) is 0 Å². The van der Waals surface area contributed by atoms with E-state index < -0.39 is 0 Å². The third-order valence-corrected chi connectivity index (χ3v) is 3.37. The average Bonchev–Trinajstić information content (AvgIpc) is 2.31. The molecule has 0 saturated carbocycles. The van der Waals surface area contributed by atoms with Gasteiger partial charge in [0, 0.05) is 19.5 Å². The lowest BCUT2D eigenvalue weighted by Gasteiger charge is -2.32. The van der Waals surface area contributed by atoms with Crippen molar-refractivity contribution in [2.75, 3.05) is 19.6 Å². The first kappa shape index (κ1) is 13.0. The summed E-state index contributed by atoms with van der Waals surface area (Å²) in [5.74, 6) is 0.422. The normalized spacial score (nSPS) is 20.4. The summed E-state index contributed by atoms with van der Waals surface area (Å²) in [6.45, 7) is 10.1.